The maximum Gasteiger partial charge on any atom is 0.0692 e. The number of nitrogens with one attached hydrogen (secondary N) is 1. The number of rotatable bonds is 6. The first-order valence-electron chi connectivity index (χ1n) is 6.78. The standard InChI is InChI=1S/C15H22N4/c1-12-9-13(2)15(14(3)10-12)11-16-5-4-7-19-8-6-17-18-19/h6,8-10,16H,4-5,7,11H2,1-3H3. The summed E-state index contributed by atoms with van der Waals surface area (Å²) in [6.45, 7) is 9.37. The average molecular weight is 258 g/mol. The Morgan fingerprint density at radius 3 is 2.53 bits per heavy atom. The van der Waals surface area contributed by atoms with E-state index in [1.54, 1.807) is 6.20 Å². The maximum absolute atomic E-state index is 3.95. The molecule has 0 bridgehead atoms. The van der Waals surface area contributed by atoms with Gasteiger partial charge >= 0.3 is 0 Å². The molecule has 0 spiro atoms. The lowest BCUT2D eigenvalue weighted by molar-refractivity contribution is 0.529. The summed E-state index contributed by atoms with van der Waals surface area (Å²) in [5.41, 5.74) is 5.51. The maximum atomic E-state index is 3.95. The van der Waals surface area contributed by atoms with Gasteiger partial charge < -0.3 is 5.32 Å². The molecule has 0 atom stereocenters. The van der Waals surface area contributed by atoms with Crippen molar-refractivity contribution in [1.82, 2.24) is 20.3 Å². The van der Waals surface area contributed by atoms with Crippen LogP contribution in [0.15, 0.2) is 24.5 Å². The van der Waals surface area contributed by atoms with Crippen LogP contribution in [-0.2, 0) is 13.1 Å². The van der Waals surface area contributed by atoms with Crippen LogP contribution in [-0.4, -0.2) is 21.5 Å². The summed E-state index contributed by atoms with van der Waals surface area (Å²) in [5, 5.41) is 11.2. The monoisotopic (exact) mass is 258 g/mol. The van der Waals surface area contributed by atoms with Crippen LogP contribution in [0, 0.1) is 20.8 Å². The van der Waals surface area contributed by atoms with Crippen molar-refractivity contribution in [2.45, 2.75) is 40.3 Å². The van der Waals surface area contributed by atoms with Crippen molar-refractivity contribution in [3.63, 3.8) is 0 Å². The number of hydrogen-bond donors (Lipinski definition) is 1. The second kappa shape index (κ2) is 6.48. The van der Waals surface area contributed by atoms with Crippen LogP contribution >= 0.6 is 0 Å². The summed E-state index contributed by atoms with van der Waals surface area (Å²) in [5.74, 6) is 0. The summed E-state index contributed by atoms with van der Waals surface area (Å²) in [4.78, 5) is 0. The molecule has 4 heteroatoms. The van der Waals surface area contributed by atoms with E-state index in [1.807, 2.05) is 10.9 Å². The Balaban J connectivity index is 1.77. The van der Waals surface area contributed by atoms with E-state index < -0.39 is 0 Å². The van der Waals surface area contributed by atoms with E-state index in [4.69, 9.17) is 0 Å². The summed E-state index contributed by atoms with van der Waals surface area (Å²) in [6, 6.07) is 4.50. The van der Waals surface area contributed by atoms with Crippen LogP contribution in [0.25, 0.3) is 0 Å². The fraction of sp³-hybridized carbons (Fsp3) is 0.467. The van der Waals surface area contributed by atoms with E-state index in [0.717, 1.165) is 26.1 Å². The summed E-state index contributed by atoms with van der Waals surface area (Å²) in [7, 11) is 0. The van der Waals surface area contributed by atoms with E-state index >= 15 is 0 Å². The van der Waals surface area contributed by atoms with Gasteiger partial charge in [-0.15, -0.1) is 5.10 Å². The molecule has 0 radical (unpaired) electrons. The number of benzene rings is 1. The molecule has 102 valence electrons. The normalized spacial score (nSPS) is 10.9. The number of hydrogen-bond acceptors (Lipinski definition) is 3. The molecule has 0 aliphatic carbocycles. The second-order valence-electron chi connectivity index (χ2n) is 5.07. The molecule has 1 aromatic heterocycles. The van der Waals surface area contributed by atoms with Gasteiger partial charge in [0.15, 0.2) is 0 Å². The lowest BCUT2D eigenvalue weighted by atomic mass is 10.00. The van der Waals surface area contributed by atoms with Gasteiger partial charge in [-0.2, -0.15) is 0 Å². The first-order valence-corrected chi connectivity index (χ1v) is 6.78. The van der Waals surface area contributed by atoms with Crippen LogP contribution in [0.5, 0.6) is 0 Å². The predicted octanol–water partition coefficient (Wildman–Crippen LogP) is 2.38. The highest BCUT2D eigenvalue weighted by atomic mass is 15.4. The minimum Gasteiger partial charge on any atom is -0.313 e. The van der Waals surface area contributed by atoms with Crippen LogP contribution in [0.3, 0.4) is 0 Å². The second-order valence-corrected chi connectivity index (χ2v) is 5.07. The molecule has 2 aromatic rings. The summed E-state index contributed by atoms with van der Waals surface area (Å²) < 4.78 is 1.87. The van der Waals surface area contributed by atoms with Crippen molar-refractivity contribution in [3.05, 3.63) is 46.8 Å². The average Bonchev–Trinajstić information content (AvgIpc) is 2.84. The predicted molar refractivity (Wildman–Crippen MR) is 77.0 cm³/mol. The Morgan fingerprint density at radius 2 is 1.89 bits per heavy atom. The van der Waals surface area contributed by atoms with Crippen LogP contribution in [0.1, 0.15) is 28.7 Å². The van der Waals surface area contributed by atoms with Crippen LogP contribution in [0.2, 0.25) is 0 Å². The smallest absolute Gasteiger partial charge is 0.0692 e. The third-order valence-electron chi connectivity index (χ3n) is 3.35. The molecule has 19 heavy (non-hydrogen) atoms. The van der Waals surface area contributed by atoms with Crippen LogP contribution in [0.4, 0.5) is 0 Å². The fourth-order valence-corrected chi connectivity index (χ4v) is 2.42. The van der Waals surface area contributed by atoms with Gasteiger partial charge in [-0.05, 0) is 50.4 Å². The fourth-order valence-electron chi connectivity index (χ4n) is 2.42. The summed E-state index contributed by atoms with van der Waals surface area (Å²) in [6.07, 6.45) is 4.67. The van der Waals surface area contributed by atoms with Crippen LogP contribution < -0.4 is 5.32 Å². The molecular formula is C15H22N4. The molecule has 1 aromatic carbocycles. The minimum atomic E-state index is 0.916. The minimum absolute atomic E-state index is 0.916. The SMILES string of the molecule is Cc1cc(C)c(CNCCCn2ccnn2)c(C)c1. The largest absolute Gasteiger partial charge is 0.313 e. The van der Waals surface area contributed by atoms with Gasteiger partial charge in [-0.25, -0.2) is 0 Å². The topological polar surface area (TPSA) is 42.7 Å². The zero-order valence-electron chi connectivity index (χ0n) is 12.0. The number of aromatic nitrogens is 3. The highest BCUT2D eigenvalue weighted by molar-refractivity contribution is 5.37. The lowest BCUT2D eigenvalue weighted by Crippen LogP contribution is -2.18. The van der Waals surface area contributed by atoms with Crippen molar-refractivity contribution >= 4 is 0 Å². The van der Waals surface area contributed by atoms with E-state index in [9.17, 15) is 0 Å². The molecule has 0 saturated heterocycles. The van der Waals surface area contributed by atoms with Crippen molar-refractivity contribution in [3.8, 4) is 0 Å². The third kappa shape index (κ3) is 3.89. The molecule has 0 fully saturated rings. The molecule has 1 heterocycles. The quantitative estimate of drug-likeness (QED) is 0.809. The Kier molecular flexibility index (Phi) is 4.68. The first kappa shape index (κ1) is 13.7. The van der Waals surface area contributed by atoms with Gasteiger partial charge in [-0.3, -0.25) is 4.68 Å². The molecule has 0 aliphatic rings. The Hall–Kier alpha value is -1.68. The highest BCUT2D eigenvalue weighted by Gasteiger charge is 2.03. The third-order valence-corrected chi connectivity index (χ3v) is 3.35. The van der Waals surface area contributed by atoms with E-state index in [1.165, 1.54) is 22.3 Å². The van der Waals surface area contributed by atoms with Gasteiger partial charge in [0.2, 0.25) is 0 Å². The van der Waals surface area contributed by atoms with Crippen molar-refractivity contribution in [2.24, 2.45) is 0 Å². The molecule has 0 unspecified atom stereocenters. The Bertz CT molecular complexity index is 494. The Labute approximate surface area is 114 Å². The van der Waals surface area contributed by atoms with Gasteiger partial charge in [0, 0.05) is 19.3 Å². The van der Waals surface area contributed by atoms with Gasteiger partial charge in [0.1, 0.15) is 0 Å². The first-order chi connectivity index (χ1) is 9.16. The number of aryl methyl sites for hydroxylation is 4. The molecule has 0 saturated carbocycles. The molecule has 2 rings (SSSR count). The molecule has 4 nitrogen and oxygen atoms in total. The number of nitrogens with zero attached hydrogens (tertiary/aromatic N) is 3. The van der Waals surface area contributed by atoms with E-state index in [2.05, 4.69) is 48.5 Å². The van der Waals surface area contributed by atoms with Gasteiger partial charge in [-0.1, -0.05) is 22.9 Å². The molecule has 0 aliphatic heterocycles. The van der Waals surface area contributed by atoms with Crippen molar-refractivity contribution in [1.29, 1.82) is 0 Å². The van der Waals surface area contributed by atoms with Gasteiger partial charge in [0.25, 0.3) is 0 Å². The zero-order valence-corrected chi connectivity index (χ0v) is 12.0. The van der Waals surface area contributed by atoms with Crippen molar-refractivity contribution in [2.75, 3.05) is 6.54 Å². The zero-order chi connectivity index (χ0) is 13.7. The highest BCUT2D eigenvalue weighted by Crippen LogP contribution is 2.15. The van der Waals surface area contributed by atoms with Crippen molar-refractivity contribution < 1.29 is 0 Å². The summed E-state index contributed by atoms with van der Waals surface area (Å²) >= 11 is 0. The van der Waals surface area contributed by atoms with E-state index in [-0.39, 0.29) is 0 Å². The van der Waals surface area contributed by atoms with E-state index in [0.29, 0.717) is 0 Å². The molecule has 0 amide bonds. The molecule has 1 N–H and O–H groups in total. The lowest BCUT2D eigenvalue weighted by Gasteiger charge is -2.12. The Morgan fingerprint density at radius 1 is 1.16 bits per heavy atom. The molecular weight excluding hydrogens is 236 g/mol. The van der Waals surface area contributed by atoms with Gasteiger partial charge in [0.05, 0.1) is 6.20 Å².